The van der Waals surface area contributed by atoms with Gasteiger partial charge < -0.3 is 5.32 Å². The number of hydrogen-bond acceptors (Lipinski definition) is 1. The van der Waals surface area contributed by atoms with Gasteiger partial charge >= 0.3 is 0 Å². The molecule has 0 aliphatic heterocycles. The van der Waals surface area contributed by atoms with E-state index >= 15 is 0 Å². The highest BCUT2D eigenvalue weighted by molar-refractivity contribution is 9.10. The summed E-state index contributed by atoms with van der Waals surface area (Å²) in [6.07, 6.45) is 0. The van der Waals surface area contributed by atoms with E-state index < -0.39 is 5.82 Å². The van der Waals surface area contributed by atoms with Crippen molar-refractivity contribution in [2.24, 2.45) is 0 Å². The number of aryl methyl sites for hydroxylation is 3. The number of amides is 1. The molecule has 1 N–H and O–H groups in total. The Balaban J connectivity index is 2.27. The van der Waals surface area contributed by atoms with Crippen molar-refractivity contribution in [1.29, 1.82) is 0 Å². The number of carbonyl (C=O) groups is 1. The second-order valence-corrected chi connectivity index (χ2v) is 5.69. The molecule has 0 atom stereocenters. The molecular formula is C16H15BrFNO. The molecule has 0 saturated carbocycles. The Kier molecular flexibility index (Phi) is 4.23. The molecule has 2 nitrogen and oxygen atoms in total. The van der Waals surface area contributed by atoms with E-state index in [0.29, 0.717) is 15.7 Å². The van der Waals surface area contributed by atoms with E-state index in [1.807, 2.05) is 32.9 Å². The minimum atomic E-state index is -0.397. The van der Waals surface area contributed by atoms with Gasteiger partial charge in [-0.25, -0.2) is 4.39 Å². The monoisotopic (exact) mass is 335 g/mol. The first-order chi connectivity index (χ1) is 9.38. The fourth-order valence-corrected chi connectivity index (χ4v) is 2.32. The first kappa shape index (κ1) is 14.7. The highest BCUT2D eigenvalue weighted by Gasteiger charge is 2.11. The van der Waals surface area contributed by atoms with Gasteiger partial charge in [0, 0.05) is 11.3 Å². The Hall–Kier alpha value is -1.68. The SMILES string of the molecule is Cc1ccc(C(=O)Nc2cc(F)c(Br)cc2C)cc1C. The predicted molar refractivity (Wildman–Crippen MR) is 82.7 cm³/mol. The van der Waals surface area contributed by atoms with E-state index in [1.165, 1.54) is 6.07 Å². The Morgan fingerprint density at radius 3 is 2.40 bits per heavy atom. The van der Waals surface area contributed by atoms with Crippen LogP contribution in [0.5, 0.6) is 0 Å². The normalized spacial score (nSPS) is 10.4. The van der Waals surface area contributed by atoms with Gasteiger partial charge in [0.05, 0.1) is 4.47 Å². The predicted octanol–water partition coefficient (Wildman–Crippen LogP) is 4.77. The van der Waals surface area contributed by atoms with Crippen molar-refractivity contribution in [2.45, 2.75) is 20.8 Å². The molecule has 1 amide bonds. The summed E-state index contributed by atoms with van der Waals surface area (Å²) in [5, 5.41) is 2.74. The molecular weight excluding hydrogens is 321 g/mol. The standard InChI is InChI=1S/C16H15BrFNO/c1-9-4-5-12(6-10(9)2)16(20)19-15-8-14(18)13(17)7-11(15)3/h4-8H,1-3H3,(H,19,20). The number of nitrogens with one attached hydrogen (secondary N) is 1. The van der Waals surface area contributed by atoms with Gasteiger partial charge in [0.25, 0.3) is 5.91 Å². The molecule has 0 aliphatic rings. The highest BCUT2D eigenvalue weighted by Crippen LogP contribution is 2.24. The number of benzene rings is 2. The van der Waals surface area contributed by atoms with Gasteiger partial charge in [-0.15, -0.1) is 0 Å². The zero-order valence-electron chi connectivity index (χ0n) is 11.6. The number of rotatable bonds is 2. The fourth-order valence-electron chi connectivity index (χ4n) is 1.86. The van der Waals surface area contributed by atoms with Crippen LogP contribution in [0.4, 0.5) is 10.1 Å². The van der Waals surface area contributed by atoms with E-state index in [9.17, 15) is 9.18 Å². The Morgan fingerprint density at radius 2 is 1.75 bits per heavy atom. The molecule has 0 heterocycles. The van der Waals surface area contributed by atoms with E-state index in [2.05, 4.69) is 21.2 Å². The van der Waals surface area contributed by atoms with Gasteiger partial charge in [-0.05, 0) is 77.7 Å². The van der Waals surface area contributed by atoms with Gasteiger partial charge in [0.2, 0.25) is 0 Å². The van der Waals surface area contributed by atoms with Crippen molar-refractivity contribution in [3.05, 3.63) is 62.9 Å². The average Bonchev–Trinajstić information content (AvgIpc) is 2.39. The molecule has 0 unspecified atom stereocenters. The summed E-state index contributed by atoms with van der Waals surface area (Å²) in [6.45, 7) is 5.77. The third-order valence-corrected chi connectivity index (χ3v) is 3.89. The smallest absolute Gasteiger partial charge is 0.255 e. The first-order valence-electron chi connectivity index (χ1n) is 6.22. The number of anilines is 1. The van der Waals surface area contributed by atoms with Crippen LogP contribution >= 0.6 is 15.9 Å². The Bertz CT molecular complexity index is 682. The van der Waals surface area contributed by atoms with Gasteiger partial charge in [-0.1, -0.05) is 6.07 Å². The lowest BCUT2D eigenvalue weighted by molar-refractivity contribution is 0.102. The molecule has 20 heavy (non-hydrogen) atoms. The summed E-state index contributed by atoms with van der Waals surface area (Å²) >= 11 is 3.12. The third kappa shape index (κ3) is 3.07. The van der Waals surface area contributed by atoms with Crippen molar-refractivity contribution in [3.8, 4) is 0 Å². The average molecular weight is 336 g/mol. The molecule has 4 heteroatoms. The van der Waals surface area contributed by atoms with Crippen LogP contribution in [0.25, 0.3) is 0 Å². The molecule has 0 bridgehead atoms. The summed E-state index contributed by atoms with van der Waals surface area (Å²) < 4.78 is 13.9. The fraction of sp³-hybridized carbons (Fsp3) is 0.188. The van der Waals surface area contributed by atoms with Crippen molar-refractivity contribution in [3.63, 3.8) is 0 Å². The quantitative estimate of drug-likeness (QED) is 0.841. The van der Waals surface area contributed by atoms with E-state index in [1.54, 1.807) is 12.1 Å². The summed E-state index contributed by atoms with van der Waals surface area (Å²) in [4.78, 5) is 12.2. The lowest BCUT2D eigenvalue weighted by atomic mass is 10.1. The maximum Gasteiger partial charge on any atom is 0.255 e. The molecule has 0 fully saturated rings. The lowest BCUT2D eigenvalue weighted by Crippen LogP contribution is -2.13. The van der Waals surface area contributed by atoms with Crippen LogP contribution in [0.2, 0.25) is 0 Å². The topological polar surface area (TPSA) is 29.1 Å². The minimum absolute atomic E-state index is 0.238. The van der Waals surface area contributed by atoms with Crippen LogP contribution in [0, 0.1) is 26.6 Å². The summed E-state index contributed by atoms with van der Waals surface area (Å²) in [5.74, 6) is -0.635. The van der Waals surface area contributed by atoms with Gasteiger partial charge in [0.15, 0.2) is 0 Å². The zero-order valence-corrected chi connectivity index (χ0v) is 13.1. The third-order valence-electron chi connectivity index (χ3n) is 3.28. The molecule has 2 aromatic carbocycles. The first-order valence-corrected chi connectivity index (χ1v) is 7.02. The Morgan fingerprint density at radius 1 is 1.05 bits per heavy atom. The van der Waals surface area contributed by atoms with E-state index in [0.717, 1.165) is 16.7 Å². The molecule has 0 aromatic heterocycles. The minimum Gasteiger partial charge on any atom is -0.322 e. The van der Waals surface area contributed by atoms with Crippen molar-refractivity contribution < 1.29 is 9.18 Å². The van der Waals surface area contributed by atoms with Crippen LogP contribution < -0.4 is 5.32 Å². The summed E-state index contributed by atoms with van der Waals surface area (Å²) in [7, 11) is 0. The van der Waals surface area contributed by atoms with Crippen LogP contribution in [0.15, 0.2) is 34.8 Å². The molecule has 104 valence electrons. The van der Waals surface area contributed by atoms with E-state index in [4.69, 9.17) is 0 Å². The maximum atomic E-state index is 13.5. The van der Waals surface area contributed by atoms with Gasteiger partial charge in [0.1, 0.15) is 5.82 Å². The molecule has 0 aliphatic carbocycles. The summed E-state index contributed by atoms with van der Waals surface area (Å²) in [6, 6.07) is 8.46. The molecule has 2 aromatic rings. The number of hydrogen-bond donors (Lipinski definition) is 1. The second-order valence-electron chi connectivity index (χ2n) is 4.83. The zero-order chi connectivity index (χ0) is 14.9. The van der Waals surface area contributed by atoms with Crippen molar-refractivity contribution in [1.82, 2.24) is 0 Å². The second kappa shape index (κ2) is 5.75. The number of halogens is 2. The number of carbonyl (C=O) groups excluding carboxylic acids is 1. The van der Waals surface area contributed by atoms with Gasteiger partial charge in [-0.2, -0.15) is 0 Å². The van der Waals surface area contributed by atoms with Crippen LogP contribution in [-0.4, -0.2) is 5.91 Å². The van der Waals surface area contributed by atoms with Crippen LogP contribution in [-0.2, 0) is 0 Å². The van der Waals surface area contributed by atoms with Crippen molar-refractivity contribution in [2.75, 3.05) is 5.32 Å². The summed E-state index contributed by atoms with van der Waals surface area (Å²) in [5.41, 5.74) is 4.03. The van der Waals surface area contributed by atoms with Crippen LogP contribution in [0.3, 0.4) is 0 Å². The largest absolute Gasteiger partial charge is 0.322 e. The molecule has 0 radical (unpaired) electrons. The van der Waals surface area contributed by atoms with Crippen LogP contribution in [0.1, 0.15) is 27.0 Å². The molecule has 0 saturated heterocycles. The van der Waals surface area contributed by atoms with Gasteiger partial charge in [-0.3, -0.25) is 4.79 Å². The maximum absolute atomic E-state index is 13.5. The van der Waals surface area contributed by atoms with Crippen molar-refractivity contribution >= 4 is 27.5 Å². The van der Waals surface area contributed by atoms with E-state index in [-0.39, 0.29) is 5.91 Å². The Labute approximate surface area is 126 Å². The molecule has 2 rings (SSSR count). The lowest BCUT2D eigenvalue weighted by Gasteiger charge is -2.10. The molecule has 0 spiro atoms. The highest BCUT2D eigenvalue weighted by atomic mass is 79.9.